The number of amides is 2. The Balaban J connectivity index is 1.44. The molecule has 0 radical (unpaired) electrons. The van der Waals surface area contributed by atoms with Crippen LogP contribution in [-0.2, 0) is 21.4 Å². The number of hydrogen-bond donors (Lipinski definition) is 2. The quantitative estimate of drug-likeness (QED) is 0.309. The van der Waals surface area contributed by atoms with Crippen LogP contribution in [0.4, 0.5) is 0 Å². The molecule has 10 nitrogen and oxygen atoms in total. The summed E-state index contributed by atoms with van der Waals surface area (Å²) in [5.74, 6) is -1.42. The Labute approximate surface area is 204 Å². The average Bonchev–Trinajstić information content (AvgIpc) is 3.42. The minimum absolute atomic E-state index is 0.0351. The minimum atomic E-state index is -1.16. The second-order valence-corrected chi connectivity index (χ2v) is 11.1. The molecule has 4 rings (SSSR count). The predicted molar refractivity (Wildman–Crippen MR) is 122 cm³/mol. The number of halogens is 2. The van der Waals surface area contributed by atoms with Gasteiger partial charge in [-0.1, -0.05) is 41.0 Å². The highest BCUT2D eigenvalue weighted by atomic mass is 35.5. The monoisotopic (exact) mass is 534 g/mol. The van der Waals surface area contributed by atoms with Crippen LogP contribution >= 0.6 is 58.1 Å². The van der Waals surface area contributed by atoms with Crippen LogP contribution in [-0.4, -0.2) is 77.5 Å². The molecule has 2 aromatic rings. The molecule has 170 valence electrons. The van der Waals surface area contributed by atoms with E-state index in [9.17, 15) is 19.5 Å². The highest BCUT2D eigenvalue weighted by Gasteiger charge is 2.57. The van der Waals surface area contributed by atoms with Gasteiger partial charge in [0, 0.05) is 30.0 Å². The molecule has 4 heterocycles. The molecule has 2 saturated heterocycles. The first-order valence-electron chi connectivity index (χ1n) is 9.14. The molecule has 32 heavy (non-hydrogen) atoms. The number of carbonyl (C=O) groups is 3. The van der Waals surface area contributed by atoms with Crippen LogP contribution in [0, 0.1) is 5.41 Å². The first-order chi connectivity index (χ1) is 15.2. The number of hydrogen-bond acceptors (Lipinski definition) is 9. The van der Waals surface area contributed by atoms with Crippen LogP contribution in [0.15, 0.2) is 27.2 Å². The Kier molecular flexibility index (Phi) is 6.73. The topological polar surface area (TPSA) is 130 Å². The van der Waals surface area contributed by atoms with Crippen molar-refractivity contribution in [1.29, 1.82) is 0 Å². The fraction of sp³-hybridized carbons (Fsp3) is 0.412. The van der Waals surface area contributed by atoms with Crippen LogP contribution in [0.2, 0.25) is 0 Å². The number of carboxylic acid groups (broad SMARTS) is 1. The molecule has 0 aliphatic carbocycles. The van der Waals surface area contributed by atoms with Crippen molar-refractivity contribution in [2.24, 2.45) is 12.5 Å². The van der Waals surface area contributed by atoms with Gasteiger partial charge in [-0.3, -0.25) is 14.4 Å². The molecule has 2 aliphatic heterocycles. The summed E-state index contributed by atoms with van der Waals surface area (Å²) in [5.41, 5.74) is -1.06. The Bertz CT molecular complexity index is 1090. The second kappa shape index (κ2) is 9.21. The number of β-lactam (4-membered cyclic amide) rings is 1. The lowest BCUT2D eigenvalue weighted by atomic mass is 9.89. The van der Waals surface area contributed by atoms with E-state index in [1.165, 1.54) is 44.4 Å². The molecule has 2 aromatic heterocycles. The van der Waals surface area contributed by atoms with Crippen LogP contribution in [0.25, 0.3) is 5.57 Å². The lowest BCUT2D eigenvalue weighted by Gasteiger charge is -2.53. The van der Waals surface area contributed by atoms with Gasteiger partial charge in [-0.25, -0.2) is 4.68 Å². The highest BCUT2D eigenvalue weighted by molar-refractivity contribution is 8.00. The van der Waals surface area contributed by atoms with Gasteiger partial charge in [0.15, 0.2) is 0 Å². The molecule has 3 atom stereocenters. The van der Waals surface area contributed by atoms with Gasteiger partial charge in [0.1, 0.15) is 21.3 Å². The Morgan fingerprint density at radius 2 is 2.22 bits per heavy atom. The van der Waals surface area contributed by atoms with Crippen molar-refractivity contribution in [3.63, 3.8) is 0 Å². The third-order valence-electron chi connectivity index (χ3n) is 5.13. The van der Waals surface area contributed by atoms with Gasteiger partial charge in [-0.2, -0.15) is 0 Å². The van der Waals surface area contributed by atoms with Crippen molar-refractivity contribution in [2.45, 2.75) is 16.6 Å². The Morgan fingerprint density at radius 3 is 2.81 bits per heavy atom. The summed E-state index contributed by atoms with van der Waals surface area (Å²) in [4.78, 5) is 39.8. The van der Waals surface area contributed by atoms with E-state index in [1.54, 1.807) is 24.6 Å². The average molecular weight is 535 g/mol. The summed E-state index contributed by atoms with van der Waals surface area (Å²) in [6.45, 7) is 0.0351. The van der Waals surface area contributed by atoms with Crippen molar-refractivity contribution in [3.8, 4) is 0 Å². The van der Waals surface area contributed by atoms with E-state index in [2.05, 4.69) is 20.8 Å². The molecule has 0 spiro atoms. The molecule has 2 N–H and O–H groups in total. The summed E-state index contributed by atoms with van der Waals surface area (Å²) < 4.78 is 1.27. The van der Waals surface area contributed by atoms with E-state index in [-0.39, 0.29) is 39.4 Å². The Morgan fingerprint density at radius 1 is 1.44 bits per heavy atom. The smallest absolute Gasteiger partial charge is 0.313 e. The maximum Gasteiger partial charge on any atom is 0.313 e. The molecule has 2 unspecified atom stereocenters. The molecule has 0 bridgehead atoms. The molecule has 0 aromatic carbocycles. The zero-order valence-electron chi connectivity index (χ0n) is 16.4. The molecular formula is C17H16Cl2N6O4S3. The van der Waals surface area contributed by atoms with Gasteiger partial charge < -0.3 is 15.3 Å². The molecule has 0 saturated carbocycles. The van der Waals surface area contributed by atoms with E-state index >= 15 is 0 Å². The number of nitrogens with zero attached hydrogens (tertiary/aromatic N) is 5. The number of thioether (sulfide) groups is 2. The van der Waals surface area contributed by atoms with E-state index in [0.29, 0.717) is 10.0 Å². The lowest BCUT2D eigenvalue weighted by Crippen LogP contribution is -2.74. The molecule has 2 fully saturated rings. The van der Waals surface area contributed by atoms with Gasteiger partial charge in [0.2, 0.25) is 11.1 Å². The zero-order chi connectivity index (χ0) is 23.0. The fourth-order valence-corrected chi connectivity index (χ4v) is 7.35. The minimum Gasteiger partial charge on any atom is -0.481 e. The number of thiophene rings is 1. The number of carboxylic acids is 1. The summed E-state index contributed by atoms with van der Waals surface area (Å²) in [6.07, 6.45) is 0. The van der Waals surface area contributed by atoms with Crippen LogP contribution in [0.1, 0.15) is 4.88 Å². The number of nitrogens with one attached hydrogen (secondary N) is 1. The van der Waals surface area contributed by atoms with Crippen LogP contribution in [0.3, 0.4) is 0 Å². The Hall–Kier alpha value is -1.80. The lowest BCUT2D eigenvalue weighted by molar-refractivity contribution is -0.157. The number of fused-ring (bicyclic) bond motifs is 1. The molecule has 2 aliphatic rings. The molecule has 2 amide bonds. The van der Waals surface area contributed by atoms with Crippen LogP contribution < -0.4 is 5.32 Å². The number of aryl methyl sites for hydroxylation is 1. The van der Waals surface area contributed by atoms with E-state index in [0.717, 1.165) is 0 Å². The number of aromatic nitrogens is 4. The summed E-state index contributed by atoms with van der Waals surface area (Å²) in [5, 5.41) is 25.7. The maximum absolute atomic E-state index is 12.8. The first-order valence-corrected chi connectivity index (χ1v) is 12.8. The van der Waals surface area contributed by atoms with Gasteiger partial charge in [0.05, 0.1) is 5.57 Å². The third kappa shape index (κ3) is 4.23. The normalized spacial score (nSPS) is 24.5. The predicted octanol–water partition coefficient (Wildman–Crippen LogP) is 1.68. The van der Waals surface area contributed by atoms with Crippen molar-refractivity contribution in [3.05, 3.63) is 26.9 Å². The van der Waals surface area contributed by atoms with Crippen molar-refractivity contribution >= 4 is 81.4 Å². The van der Waals surface area contributed by atoms with Crippen LogP contribution in [0.5, 0.6) is 0 Å². The summed E-state index contributed by atoms with van der Waals surface area (Å²) >= 11 is 15.7. The van der Waals surface area contributed by atoms with E-state index < -0.39 is 23.3 Å². The fourth-order valence-electron chi connectivity index (χ4n) is 3.38. The van der Waals surface area contributed by atoms with Gasteiger partial charge in [-0.05, 0) is 21.9 Å². The zero-order valence-corrected chi connectivity index (χ0v) is 20.4. The van der Waals surface area contributed by atoms with E-state index in [4.69, 9.17) is 23.2 Å². The number of aliphatic carboxylic acids is 1. The molecular weight excluding hydrogens is 519 g/mol. The van der Waals surface area contributed by atoms with Gasteiger partial charge in [-0.15, -0.1) is 28.2 Å². The SMILES string of the molecule is Cn1nnnc1SCC1(C(=O)O)CS[C@@H]2C(NC(=O)C(=C(Cl)Cl)c3cccs3)C(=O)N2C1. The summed E-state index contributed by atoms with van der Waals surface area (Å²) in [7, 11) is 1.67. The first kappa shape index (κ1) is 23.4. The van der Waals surface area contributed by atoms with Crippen molar-refractivity contribution in [1.82, 2.24) is 30.4 Å². The standard InChI is InChI=1S/C17H16Cl2N6O4S3/c1-24-16(21-22-23-24)32-7-17(15(28)29)5-25-13(27)10(14(25)31-6-17)20-12(26)9(11(18)19)8-3-2-4-30-8/h2-4,10,14H,5-7H2,1H3,(H,20,26)(H,28,29)/t10?,14-,17?/m1/s1. The highest BCUT2D eigenvalue weighted by Crippen LogP contribution is 2.44. The number of tetrazole rings is 1. The summed E-state index contributed by atoms with van der Waals surface area (Å²) in [6, 6.07) is 2.69. The number of carbonyl (C=O) groups excluding carboxylic acids is 2. The van der Waals surface area contributed by atoms with E-state index in [1.807, 2.05) is 0 Å². The third-order valence-corrected chi connectivity index (χ3v) is 9.28. The molecule has 15 heteroatoms. The second-order valence-electron chi connectivity index (χ2n) is 7.19. The number of rotatable bonds is 7. The van der Waals surface area contributed by atoms with Crippen molar-refractivity contribution < 1.29 is 19.5 Å². The van der Waals surface area contributed by atoms with Gasteiger partial charge in [0.25, 0.3) is 5.91 Å². The largest absolute Gasteiger partial charge is 0.481 e. The maximum atomic E-state index is 12.8. The van der Waals surface area contributed by atoms with Gasteiger partial charge >= 0.3 is 5.97 Å². The van der Waals surface area contributed by atoms with Crippen molar-refractivity contribution in [2.75, 3.05) is 18.1 Å².